The van der Waals surface area contributed by atoms with Gasteiger partial charge < -0.3 is 0 Å². The van der Waals surface area contributed by atoms with Crippen LogP contribution < -0.4 is 4.80 Å². The molecule has 0 aliphatic heterocycles. The molecule has 25 heavy (non-hydrogen) atoms. The first kappa shape index (κ1) is 18.3. The van der Waals surface area contributed by atoms with Crippen molar-refractivity contribution >= 4 is 56.1 Å². The molecule has 3 nitrogen and oxygen atoms in total. The molecule has 0 fully saturated rings. The topological polar surface area (TPSA) is 29.6 Å². The zero-order valence-corrected chi connectivity index (χ0v) is 17.8. The predicted octanol–water partition coefficient (Wildman–Crippen LogP) is 5.55. The molecule has 3 aromatic rings. The zero-order valence-electron chi connectivity index (χ0n) is 13.3. The lowest BCUT2D eigenvalue weighted by Crippen LogP contribution is -2.12. The number of rotatable bonds is 5. The fourth-order valence-electron chi connectivity index (χ4n) is 2.21. The molecule has 0 atom stereocenters. The lowest BCUT2D eigenvalue weighted by molar-refractivity contribution is 0.840. The van der Waals surface area contributed by atoms with Crippen LogP contribution in [-0.4, -0.2) is 17.4 Å². The Labute approximate surface area is 172 Å². The monoisotopic (exact) mass is 523 g/mol. The van der Waals surface area contributed by atoms with Crippen molar-refractivity contribution in [3.05, 3.63) is 85.0 Å². The Hall–Kier alpha value is -1.51. The Balaban J connectivity index is 2.10. The van der Waals surface area contributed by atoms with Gasteiger partial charge in [-0.1, -0.05) is 52.3 Å². The van der Waals surface area contributed by atoms with E-state index in [0.29, 0.717) is 6.54 Å². The molecule has 0 unspecified atom stereocenters. The molecule has 1 heterocycles. The summed E-state index contributed by atoms with van der Waals surface area (Å²) in [5, 5.41) is 6.79. The highest BCUT2D eigenvalue weighted by Gasteiger charge is 2.08. The van der Waals surface area contributed by atoms with Gasteiger partial charge in [-0.05, 0) is 40.8 Å². The Morgan fingerprint density at radius 2 is 2.04 bits per heavy atom. The van der Waals surface area contributed by atoms with Gasteiger partial charge in [-0.3, -0.25) is 4.99 Å². The summed E-state index contributed by atoms with van der Waals surface area (Å²) in [5.41, 5.74) is 3.18. The van der Waals surface area contributed by atoms with Crippen LogP contribution in [0.3, 0.4) is 0 Å². The number of hydrogen-bond donors (Lipinski definition) is 0. The van der Waals surface area contributed by atoms with E-state index in [1.807, 2.05) is 35.2 Å². The van der Waals surface area contributed by atoms with E-state index >= 15 is 0 Å². The Morgan fingerprint density at radius 1 is 1.20 bits per heavy atom. The molecule has 0 aliphatic rings. The van der Waals surface area contributed by atoms with Gasteiger partial charge in [-0.2, -0.15) is 5.10 Å². The highest BCUT2D eigenvalue weighted by Crippen LogP contribution is 2.23. The molecular formula is C19H15BrIN3S. The second-order valence-electron chi connectivity index (χ2n) is 5.12. The van der Waals surface area contributed by atoms with Crippen molar-refractivity contribution in [1.29, 1.82) is 0 Å². The molecule has 0 N–H and O–H groups in total. The Morgan fingerprint density at radius 3 is 2.80 bits per heavy atom. The van der Waals surface area contributed by atoms with Crippen LogP contribution in [0.25, 0.3) is 11.3 Å². The fourth-order valence-corrected chi connectivity index (χ4v) is 3.98. The van der Waals surface area contributed by atoms with Crippen LogP contribution in [0.1, 0.15) is 5.56 Å². The molecule has 126 valence electrons. The van der Waals surface area contributed by atoms with Gasteiger partial charge in [0.05, 0.1) is 18.5 Å². The van der Waals surface area contributed by atoms with Gasteiger partial charge in [0.25, 0.3) is 0 Å². The van der Waals surface area contributed by atoms with Crippen molar-refractivity contribution < 1.29 is 0 Å². The van der Waals surface area contributed by atoms with E-state index < -0.39 is 0 Å². The van der Waals surface area contributed by atoms with E-state index in [9.17, 15) is 0 Å². The van der Waals surface area contributed by atoms with Crippen molar-refractivity contribution in [3.63, 3.8) is 0 Å². The summed E-state index contributed by atoms with van der Waals surface area (Å²) in [6.07, 6.45) is 3.66. The van der Waals surface area contributed by atoms with Crippen LogP contribution in [-0.2, 0) is 0 Å². The smallest absolute Gasteiger partial charge is 0.206 e. The summed E-state index contributed by atoms with van der Waals surface area (Å²) in [7, 11) is 0. The lowest BCUT2D eigenvalue weighted by atomic mass is 10.2. The van der Waals surface area contributed by atoms with Crippen molar-refractivity contribution in [2.24, 2.45) is 10.1 Å². The first-order valence-corrected chi connectivity index (χ1v) is 10.3. The molecule has 6 heteroatoms. The molecule has 0 spiro atoms. The predicted molar refractivity (Wildman–Crippen MR) is 118 cm³/mol. The summed E-state index contributed by atoms with van der Waals surface area (Å²) in [5.74, 6) is 0. The van der Waals surface area contributed by atoms with E-state index in [0.717, 1.165) is 29.7 Å². The maximum Gasteiger partial charge on any atom is 0.206 e. The zero-order chi connectivity index (χ0) is 17.6. The Bertz CT molecular complexity index is 988. The average Bonchev–Trinajstić information content (AvgIpc) is 3.02. The van der Waals surface area contributed by atoms with E-state index in [2.05, 4.69) is 79.7 Å². The average molecular weight is 524 g/mol. The maximum absolute atomic E-state index is 4.71. The number of aromatic nitrogens is 1. The van der Waals surface area contributed by atoms with Crippen LogP contribution in [0.5, 0.6) is 0 Å². The molecule has 0 amide bonds. The number of thiazole rings is 1. The summed E-state index contributed by atoms with van der Waals surface area (Å²) in [6, 6.07) is 16.3. The summed E-state index contributed by atoms with van der Waals surface area (Å²) in [6.45, 7) is 4.31. The highest BCUT2D eigenvalue weighted by atomic mass is 127. The second-order valence-corrected chi connectivity index (χ2v) is 8.04. The number of nitrogens with zero attached hydrogens (tertiary/aromatic N) is 3. The van der Waals surface area contributed by atoms with Crippen molar-refractivity contribution in [3.8, 4) is 11.3 Å². The molecule has 0 saturated heterocycles. The normalized spacial score (nSPS) is 12.0. The molecule has 3 rings (SSSR count). The maximum atomic E-state index is 4.71. The van der Waals surface area contributed by atoms with Crippen LogP contribution >= 0.6 is 49.9 Å². The van der Waals surface area contributed by atoms with Gasteiger partial charge in [0.1, 0.15) is 0 Å². The minimum atomic E-state index is 0.566. The van der Waals surface area contributed by atoms with Crippen molar-refractivity contribution in [2.45, 2.75) is 0 Å². The van der Waals surface area contributed by atoms with Crippen LogP contribution in [0.4, 0.5) is 0 Å². The highest BCUT2D eigenvalue weighted by molar-refractivity contribution is 14.1. The third-order valence-corrected chi connectivity index (χ3v) is 5.71. The van der Waals surface area contributed by atoms with Crippen LogP contribution in [0, 0.1) is 3.57 Å². The van der Waals surface area contributed by atoms with E-state index in [4.69, 9.17) is 5.10 Å². The quantitative estimate of drug-likeness (QED) is 0.238. The molecule has 2 aromatic carbocycles. The minimum absolute atomic E-state index is 0.566. The standard InChI is InChI=1S/C19H15BrIN3S/c1-2-10-22-19-24(23-12-15-6-3-4-9-17(15)21)18(13-25-19)14-7-5-8-16(20)11-14/h2-9,11-13H,1,10H2/b22-19?,23-12-. The largest absolute Gasteiger partial charge is 0.253 e. The lowest BCUT2D eigenvalue weighted by Gasteiger charge is -2.04. The molecule has 1 aromatic heterocycles. The Kier molecular flexibility index (Phi) is 6.39. The third kappa shape index (κ3) is 4.56. The van der Waals surface area contributed by atoms with Crippen molar-refractivity contribution in [2.75, 3.05) is 6.54 Å². The van der Waals surface area contributed by atoms with Gasteiger partial charge in [0, 0.05) is 24.5 Å². The van der Waals surface area contributed by atoms with Gasteiger partial charge in [0.15, 0.2) is 0 Å². The van der Waals surface area contributed by atoms with Gasteiger partial charge in [0.2, 0.25) is 4.80 Å². The number of halogens is 2. The molecule has 0 bridgehead atoms. The first-order valence-electron chi connectivity index (χ1n) is 7.56. The molecule has 0 aliphatic carbocycles. The molecule has 0 radical (unpaired) electrons. The minimum Gasteiger partial charge on any atom is -0.253 e. The van der Waals surface area contributed by atoms with Crippen LogP contribution in [0.15, 0.2) is 81.1 Å². The van der Waals surface area contributed by atoms with Gasteiger partial charge >= 0.3 is 0 Å². The van der Waals surface area contributed by atoms with E-state index in [1.165, 1.54) is 0 Å². The molecule has 0 saturated carbocycles. The summed E-state index contributed by atoms with van der Waals surface area (Å²) in [4.78, 5) is 5.41. The number of hydrogen-bond acceptors (Lipinski definition) is 3. The van der Waals surface area contributed by atoms with Crippen molar-refractivity contribution in [1.82, 2.24) is 4.68 Å². The van der Waals surface area contributed by atoms with E-state index in [1.54, 1.807) is 17.4 Å². The van der Waals surface area contributed by atoms with Crippen LogP contribution in [0.2, 0.25) is 0 Å². The van der Waals surface area contributed by atoms with E-state index in [-0.39, 0.29) is 0 Å². The number of benzene rings is 2. The molecular weight excluding hydrogens is 509 g/mol. The second kappa shape index (κ2) is 8.73. The van der Waals surface area contributed by atoms with Gasteiger partial charge in [-0.25, -0.2) is 4.68 Å². The first-order chi connectivity index (χ1) is 12.2. The van der Waals surface area contributed by atoms with Gasteiger partial charge in [-0.15, -0.1) is 17.9 Å². The third-order valence-electron chi connectivity index (χ3n) is 3.38. The SMILES string of the molecule is C=CCN=c1scc(-c2cccc(Br)c2)n1/N=C\c1ccccc1I. The fraction of sp³-hybridized carbons (Fsp3) is 0.0526. The summed E-state index contributed by atoms with van der Waals surface area (Å²) >= 11 is 7.43. The summed E-state index contributed by atoms with van der Waals surface area (Å²) < 4.78 is 4.08.